The van der Waals surface area contributed by atoms with Gasteiger partial charge in [-0.15, -0.1) is 0 Å². The van der Waals surface area contributed by atoms with Gasteiger partial charge in [0, 0.05) is 27.7 Å². The minimum Gasteiger partial charge on any atom is -0.456 e. The molecule has 0 bridgehead atoms. The van der Waals surface area contributed by atoms with Crippen molar-refractivity contribution < 1.29 is 4.42 Å². The molecule has 0 amide bonds. The molecule has 0 spiro atoms. The number of rotatable bonds is 8. The number of fused-ring (bicyclic) bond motifs is 4. The summed E-state index contributed by atoms with van der Waals surface area (Å²) >= 11 is 0. The first kappa shape index (κ1) is 35.2. The van der Waals surface area contributed by atoms with Crippen molar-refractivity contribution in [3.63, 3.8) is 0 Å². The van der Waals surface area contributed by atoms with Crippen molar-refractivity contribution in [2.45, 2.75) is 0 Å². The van der Waals surface area contributed by atoms with E-state index >= 15 is 0 Å². The van der Waals surface area contributed by atoms with Gasteiger partial charge < -0.3 is 9.32 Å². The van der Waals surface area contributed by atoms with Gasteiger partial charge in [-0.3, -0.25) is 0 Å². The summed E-state index contributed by atoms with van der Waals surface area (Å²) in [7, 11) is 0. The van der Waals surface area contributed by atoms with Crippen LogP contribution in [-0.4, -0.2) is 0 Å². The van der Waals surface area contributed by atoms with E-state index in [1.807, 2.05) is 6.07 Å². The molecule has 1 aromatic heterocycles. The van der Waals surface area contributed by atoms with Crippen LogP contribution in [0.25, 0.3) is 88.3 Å². The van der Waals surface area contributed by atoms with E-state index in [4.69, 9.17) is 4.42 Å². The van der Waals surface area contributed by atoms with Crippen molar-refractivity contribution in [1.82, 2.24) is 0 Å². The third-order valence-corrected chi connectivity index (χ3v) is 11.7. The fourth-order valence-corrected chi connectivity index (χ4v) is 8.78. The van der Waals surface area contributed by atoms with Crippen molar-refractivity contribution in [1.29, 1.82) is 0 Å². The van der Waals surface area contributed by atoms with Crippen molar-refractivity contribution in [3.05, 3.63) is 237 Å². The van der Waals surface area contributed by atoms with Crippen LogP contribution in [-0.2, 0) is 0 Å². The van der Waals surface area contributed by atoms with Crippen LogP contribution < -0.4 is 4.90 Å². The second-order valence-corrected chi connectivity index (χ2v) is 15.3. The standard InChI is InChI=1S/C58H39NO/c1-4-15-40(16-5-1)43-27-31-49(32-28-43)59(50-33-29-45(30-34-50)52-25-14-22-44-21-10-11-23-51(44)52)54-35-36-56-58(53-24-12-13-26-55(53)60-56)57(54)48-38-46(41-17-6-2-7-18-41)37-47(39-48)42-19-8-3-9-20-42/h1-39H. The Kier molecular flexibility index (Phi) is 8.87. The topological polar surface area (TPSA) is 16.4 Å². The number of hydrogen-bond acceptors (Lipinski definition) is 2. The largest absolute Gasteiger partial charge is 0.456 e. The number of anilines is 3. The predicted octanol–water partition coefficient (Wildman–Crippen LogP) is 16.5. The molecule has 0 radical (unpaired) electrons. The average Bonchev–Trinajstić information content (AvgIpc) is 3.71. The van der Waals surface area contributed by atoms with Crippen LogP contribution in [0, 0.1) is 0 Å². The smallest absolute Gasteiger partial charge is 0.136 e. The molecule has 0 aliphatic rings. The van der Waals surface area contributed by atoms with Crippen molar-refractivity contribution >= 4 is 49.8 Å². The zero-order valence-electron chi connectivity index (χ0n) is 32.9. The molecule has 0 aliphatic heterocycles. The first-order valence-corrected chi connectivity index (χ1v) is 20.5. The van der Waals surface area contributed by atoms with E-state index < -0.39 is 0 Å². The Morgan fingerprint density at radius 3 is 1.42 bits per heavy atom. The van der Waals surface area contributed by atoms with Crippen LogP contribution >= 0.6 is 0 Å². The van der Waals surface area contributed by atoms with Crippen molar-refractivity contribution in [2.75, 3.05) is 4.90 Å². The third-order valence-electron chi connectivity index (χ3n) is 11.7. The summed E-state index contributed by atoms with van der Waals surface area (Å²) in [6.07, 6.45) is 0. The lowest BCUT2D eigenvalue weighted by Crippen LogP contribution is -2.11. The molecule has 0 aliphatic carbocycles. The highest BCUT2D eigenvalue weighted by molar-refractivity contribution is 6.17. The fraction of sp³-hybridized carbons (Fsp3) is 0. The second kappa shape index (κ2) is 15.1. The molecular weight excluding hydrogens is 727 g/mol. The number of nitrogens with zero attached hydrogens (tertiary/aromatic N) is 1. The molecular formula is C58H39NO. The van der Waals surface area contributed by atoms with E-state index in [2.05, 4.69) is 235 Å². The Hall–Kier alpha value is -7.94. The van der Waals surface area contributed by atoms with Crippen LogP contribution in [0.3, 0.4) is 0 Å². The average molecular weight is 766 g/mol. The molecule has 11 rings (SSSR count). The third kappa shape index (κ3) is 6.41. The Morgan fingerprint density at radius 1 is 0.300 bits per heavy atom. The van der Waals surface area contributed by atoms with Gasteiger partial charge in [-0.25, -0.2) is 0 Å². The maximum absolute atomic E-state index is 6.64. The van der Waals surface area contributed by atoms with E-state index in [1.165, 1.54) is 44.2 Å². The molecule has 1 heterocycles. The molecule has 2 heteroatoms. The Balaban J connectivity index is 1.18. The lowest BCUT2D eigenvalue weighted by atomic mass is 9.90. The minimum absolute atomic E-state index is 0.854. The maximum Gasteiger partial charge on any atom is 0.136 e. The van der Waals surface area contributed by atoms with Crippen LogP contribution in [0.1, 0.15) is 0 Å². The van der Waals surface area contributed by atoms with Gasteiger partial charge in [0.2, 0.25) is 0 Å². The Morgan fingerprint density at radius 2 is 0.783 bits per heavy atom. The molecule has 0 atom stereocenters. The van der Waals surface area contributed by atoms with Crippen LogP contribution in [0.15, 0.2) is 241 Å². The molecule has 0 saturated carbocycles. The van der Waals surface area contributed by atoms with Crippen molar-refractivity contribution in [3.8, 4) is 55.6 Å². The first-order valence-electron chi connectivity index (χ1n) is 20.5. The summed E-state index contributed by atoms with van der Waals surface area (Å²) in [6, 6.07) is 85.0. The monoisotopic (exact) mass is 765 g/mol. The van der Waals surface area contributed by atoms with Gasteiger partial charge >= 0.3 is 0 Å². The van der Waals surface area contributed by atoms with Gasteiger partial charge in [-0.05, 0) is 122 Å². The van der Waals surface area contributed by atoms with Gasteiger partial charge in [0.1, 0.15) is 11.2 Å². The molecule has 60 heavy (non-hydrogen) atoms. The molecule has 0 fully saturated rings. The van der Waals surface area contributed by atoms with Gasteiger partial charge in [0.25, 0.3) is 0 Å². The summed E-state index contributed by atoms with van der Waals surface area (Å²) in [4.78, 5) is 2.41. The highest BCUT2D eigenvalue weighted by Gasteiger charge is 2.24. The summed E-state index contributed by atoms with van der Waals surface area (Å²) in [6.45, 7) is 0. The van der Waals surface area contributed by atoms with Gasteiger partial charge in [-0.2, -0.15) is 0 Å². The van der Waals surface area contributed by atoms with Crippen molar-refractivity contribution in [2.24, 2.45) is 0 Å². The molecule has 0 unspecified atom stereocenters. The molecule has 2 nitrogen and oxygen atoms in total. The Bertz CT molecular complexity index is 3210. The van der Waals surface area contributed by atoms with E-state index in [0.717, 1.165) is 61.3 Å². The zero-order chi connectivity index (χ0) is 39.8. The van der Waals surface area contributed by atoms with E-state index in [1.54, 1.807) is 0 Å². The SMILES string of the molecule is c1ccc(-c2ccc(N(c3ccc(-c4cccc5ccccc45)cc3)c3ccc4oc5ccccc5c4c3-c3cc(-c4ccccc4)cc(-c4ccccc4)c3)cc2)cc1. The zero-order valence-corrected chi connectivity index (χ0v) is 32.9. The Labute approximate surface area is 349 Å². The van der Waals surface area contributed by atoms with E-state index in [-0.39, 0.29) is 0 Å². The number of furan rings is 1. The molecule has 11 aromatic rings. The molecule has 282 valence electrons. The van der Waals surface area contributed by atoms with E-state index in [9.17, 15) is 0 Å². The van der Waals surface area contributed by atoms with Gasteiger partial charge in [0.15, 0.2) is 0 Å². The predicted molar refractivity (Wildman–Crippen MR) is 253 cm³/mol. The lowest BCUT2D eigenvalue weighted by Gasteiger charge is -2.29. The summed E-state index contributed by atoms with van der Waals surface area (Å²) in [5.74, 6) is 0. The quantitative estimate of drug-likeness (QED) is 0.153. The van der Waals surface area contributed by atoms with E-state index in [0.29, 0.717) is 0 Å². The highest BCUT2D eigenvalue weighted by atomic mass is 16.3. The minimum atomic E-state index is 0.854. The first-order chi connectivity index (χ1) is 29.7. The summed E-state index contributed by atoms with van der Waals surface area (Å²) in [5, 5.41) is 4.65. The van der Waals surface area contributed by atoms with Crippen LogP contribution in [0.5, 0.6) is 0 Å². The number of para-hydroxylation sites is 1. The lowest BCUT2D eigenvalue weighted by molar-refractivity contribution is 0.669. The van der Waals surface area contributed by atoms with Gasteiger partial charge in [-0.1, -0.05) is 176 Å². The molecule has 10 aromatic carbocycles. The van der Waals surface area contributed by atoms with Gasteiger partial charge in [0.05, 0.1) is 5.69 Å². The fourth-order valence-electron chi connectivity index (χ4n) is 8.78. The number of benzene rings is 10. The maximum atomic E-state index is 6.64. The number of hydrogen-bond donors (Lipinski definition) is 0. The normalized spacial score (nSPS) is 11.3. The second-order valence-electron chi connectivity index (χ2n) is 15.3. The van der Waals surface area contributed by atoms with Crippen LogP contribution in [0.2, 0.25) is 0 Å². The summed E-state index contributed by atoms with van der Waals surface area (Å²) in [5.41, 5.74) is 16.5. The van der Waals surface area contributed by atoms with Crippen LogP contribution in [0.4, 0.5) is 17.1 Å². The molecule has 0 N–H and O–H groups in total. The highest BCUT2D eigenvalue weighted by Crippen LogP contribution is 2.49. The summed E-state index contributed by atoms with van der Waals surface area (Å²) < 4.78 is 6.64. The molecule has 0 saturated heterocycles.